The van der Waals surface area contributed by atoms with Crippen LogP contribution in [0.3, 0.4) is 0 Å². The summed E-state index contributed by atoms with van der Waals surface area (Å²) in [5, 5.41) is 2.29. The van der Waals surface area contributed by atoms with Gasteiger partial charge in [-0.15, -0.1) is 0 Å². The maximum Gasteiger partial charge on any atom is 0.410 e. The van der Waals surface area contributed by atoms with Gasteiger partial charge in [0.25, 0.3) is 0 Å². The zero-order chi connectivity index (χ0) is 20.5. The van der Waals surface area contributed by atoms with Crippen LogP contribution in [0.15, 0.2) is 54.9 Å². The molecule has 4 aromatic rings. The Morgan fingerprint density at radius 1 is 1.07 bits per heavy atom. The standard InChI is InChI=1S/C22H20ClN5O2/c23-20-19-17-7-6-16(12-18(17)26-21(19)25-14-24-20)27-8-10-28(11-9-27)22(29)30-13-15-4-2-1-3-5-15/h1-7,12,14H,8-11,13H2,(H,24,25,26). The lowest BCUT2D eigenvalue weighted by atomic mass is 10.1. The minimum Gasteiger partial charge on any atom is -0.445 e. The van der Waals surface area contributed by atoms with Crippen molar-refractivity contribution in [3.63, 3.8) is 0 Å². The first-order valence-electron chi connectivity index (χ1n) is 9.81. The molecule has 1 aliphatic heterocycles. The molecule has 7 nitrogen and oxygen atoms in total. The van der Waals surface area contributed by atoms with Crippen LogP contribution in [0.5, 0.6) is 0 Å². The third kappa shape index (κ3) is 3.52. The molecule has 1 saturated heterocycles. The molecule has 0 aliphatic carbocycles. The van der Waals surface area contributed by atoms with Crippen molar-refractivity contribution < 1.29 is 9.53 Å². The number of H-pyrrole nitrogens is 1. The van der Waals surface area contributed by atoms with Crippen LogP contribution in [-0.2, 0) is 11.3 Å². The van der Waals surface area contributed by atoms with Gasteiger partial charge in [-0.25, -0.2) is 14.8 Å². The highest BCUT2D eigenvalue weighted by atomic mass is 35.5. The van der Waals surface area contributed by atoms with E-state index in [1.807, 2.05) is 36.4 Å². The van der Waals surface area contributed by atoms with Crippen LogP contribution in [0.1, 0.15) is 5.56 Å². The Bertz CT molecular complexity index is 1200. The molecule has 1 fully saturated rings. The summed E-state index contributed by atoms with van der Waals surface area (Å²) in [4.78, 5) is 28.1. The highest BCUT2D eigenvalue weighted by molar-refractivity contribution is 6.36. The van der Waals surface area contributed by atoms with E-state index in [1.165, 1.54) is 6.33 Å². The minimum absolute atomic E-state index is 0.266. The molecule has 2 aromatic carbocycles. The molecular formula is C22H20ClN5O2. The van der Waals surface area contributed by atoms with Crippen molar-refractivity contribution in [2.24, 2.45) is 0 Å². The molecule has 8 heteroatoms. The second-order valence-electron chi connectivity index (χ2n) is 7.26. The van der Waals surface area contributed by atoms with Crippen molar-refractivity contribution >= 4 is 45.3 Å². The van der Waals surface area contributed by atoms with Crippen LogP contribution < -0.4 is 4.90 Å². The second-order valence-corrected chi connectivity index (χ2v) is 7.62. The number of amides is 1. The Labute approximate surface area is 178 Å². The van der Waals surface area contributed by atoms with E-state index in [4.69, 9.17) is 16.3 Å². The topological polar surface area (TPSA) is 74.3 Å². The average Bonchev–Trinajstić information content (AvgIpc) is 3.17. The van der Waals surface area contributed by atoms with Crippen LogP contribution in [0, 0.1) is 0 Å². The molecule has 5 rings (SSSR count). The zero-order valence-corrected chi connectivity index (χ0v) is 17.0. The summed E-state index contributed by atoms with van der Waals surface area (Å²) < 4.78 is 5.45. The van der Waals surface area contributed by atoms with E-state index in [0.717, 1.165) is 46.3 Å². The first kappa shape index (κ1) is 18.7. The molecule has 0 saturated carbocycles. The summed E-state index contributed by atoms with van der Waals surface area (Å²) in [5.74, 6) is 0. The predicted molar refractivity (Wildman–Crippen MR) is 117 cm³/mol. The monoisotopic (exact) mass is 421 g/mol. The second kappa shape index (κ2) is 7.84. The lowest BCUT2D eigenvalue weighted by Crippen LogP contribution is -2.48. The third-order valence-electron chi connectivity index (χ3n) is 5.43. The quantitative estimate of drug-likeness (QED) is 0.501. The van der Waals surface area contributed by atoms with E-state index >= 15 is 0 Å². The van der Waals surface area contributed by atoms with Gasteiger partial charge in [-0.1, -0.05) is 41.9 Å². The van der Waals surface area contributed by atoms with Gasteiger partial charge in [0.2, 0.25) is 0 Å². The number of carbonyl (C=O) groups is 1. The number of hydrogen-bond acceptors (Lipinski definition) is 5. The maximum atomic E-state index is 12.4. The number of aromatic amines is 1. The van der Waals surface area contributed by atoms with Gasteiger partial charge in [0.05, 0.1) is 5.39 Å². The molecule has 1 N–H and O–H groups in total. The summed E-state index contributed by atoms with van der Waals surface area (Å²) in [7, 11) is 0. The molecule has 30 heavy (non-hydrogen) atoms. The van der Waals surface area contributed by atoms with E-state index in [0.29, 0.717) is 24.8 Å². The van der Waals surface area contributed by atoms with Crippen LogP contribution in [0.2, 0.25) is 5.15 Å². The van der Waals surface area contributed by atoms with Crippen molar-refractivity contribution in [3.8, 4) is 0 Å². The van der Waals surface area contributed by atoms with Gasteiger partial charge in [-0.3, -0.25) is 0 Å². The number of halogens is 1. The fourth-order valence-electron chi connectivity index (χ4n) is 3.83. The van der Waals surface area contributed by atoms with E-state index in [9.17, 15) is 4.79 Å². The Balaban J connectivity index is 1.25. The first-order chi connectivity index (χ1) is 14.7. The van der Waals surface area contributed by atoms with E-state index in [-0.39, 0.29) is 6.09 Å². The fraction of sp³-hybridized carbons (Fsp3) is 0.227. The van der Waals surface area contributed by atoms with Crippen LogP contribution in [-0.4, -0.2) is 52.1 Å². The highest BCUT2D eigenvalue weighted by Gasteiger charge is 2.23. The number of benzene rings is 2. The molecule has 0 spiro atoms. The molecule has 3 heterocycles. The number of piperazine rings is 1. The number of hydrogen-bond donors (Lipinski definition) is 1. The van der Waals surface area contributed by atoms with Gasteiger partial charge in [-0.05, 0) is 23.8 Å². The van der Waals surface area contributed by atoms with Crippen LogP contribution in [0.25, 0.3) is 21.9 Å². The van der Waals surface area contributed by atoms with E-state index in [2.05, 4.69) is 32.0 Å². The number of nitrogens with zero attached hydrogens (tertiary/aromatic N) is 4. The Hall–Kier alpha value is -3.32. The lowest BCUT2D eigenvalue weighted by Gasteiger charge is -2.35. The minimum atomic E-state index is -0.266. The summed E-state index contributed by atoms with van der Waals surface area (Å²) in [6.45, 7) is 3.02. The summed E-state index contributed by atoms with van der Waals surface area (Å²) in [6.07, 6.45) is 1.19. The summed E-state index contributed by atoms with van der Waals surface area (Å²) in [5.41, 5.74) is 3.78. The molecule has 1 aliphatic rings. The van der Waals surface area contributed by atoms with Crippen molar-refractivity contribution in [1.29, 1.82) is 0 Å². The molecular weight excluding hydrogens is 402 g/mol. The molecule has 1 amide bonds. The number of ether oxygens (including phenoxy) is 1. The zero-order valence-electron chi connectivity index (χ0n) is 16.2. The number of rotatable bonds is 3. The van der Waals surface area contributed by atoms with Crippen LogP contribution >= 0.6 is 11.6 Å². The molecule has 0 unspecified atom stereocenters. The van der Waals surface area contributed by atoms with Gasteiger partial charge >= 0.3 is 6.09 Å². The summed E-state index contributed by atoms with van der Waals surface area (Å²) >= 11 is 6.25. The predicted octanol–water partition coefficient (Wildman–Crippen LogP) is 4.22. The number of fused-ring (bicyclic) bond motifs is 3. The van der Waals surface area contributed by atoms with Crippen molar-refractivity contribution in [1.82, 2.24) is 19.9 Å². The maximum absolute atomic E-state index is 12.4. The molecule has 0 radical (unpaired) electrons. The average molecular weight is 422 g/mol. The molecule has 0 atom stereocenters. The Kier molecular flexibility index (Phi) is 4.88. The highest BCUT2D eigenvalue weighted by Crippen LogP contribution is 2.31. The van der Waals surface area contributed by atoms with Crippen molar-refractivity contribution in [2.75, 3.05) is 31.1 Å². The SMILES string of the molecule is O=C(OCc1ccccc1)N1CCN(c2ccc3c(c2)[nH]c2ncnc(Cl)c23)CC1. The van der Waals surface area contributed by atoms with Crippen LogP contribution in [0.4, 0.5) is 10.5 Å². The number of carbonyl (C=O) groups excluding carboxylic acids is 1. The van der Waals surface area contributed by atoms with Gasteiger partial charge in [0.1, 0.15) is 23.7 Å². The molecule has 0 bridgehead atoms. The van der Waals surface area contributed by atoms with E-state index < -0.39 is 0 Å². The van der Waals surface area contributed by atoms with E-state index in [1.54, 1.807) is 4.90 Å². The fourth-order valence-corrected chi connectivity index (χ4v) is 4.07. The van der Waals surface area contributed by atoms with Crippen molar-refractivity contribution in [2.45, 2.75) is 6.61 Å². The first-order valence-corrected chi connectivity index (χ1v) is 10.2. The third-order valence-corrected chi connectivity index (χ3v) is 5.72. The molecule has 152 valence electrons. The number of nitrogens with one attached hydrogen (secondary N) is 1. The largest absolute Gasteiger partial charge is 0.445 e. The molecule has 2 aromatic heterocycles. The number of aromatic nitrogens is 3. The Morgan fingerprint density at radius 2 is 1.87 bits per heavy atom. The van der Waals surface area contributed by atoms with Gasteiger partial charge in [0.15, 0.2) is 0 Å². The van der Waals surface area contributed by atoms with Crippen molar-refractivity contribution in [3.05, 3.63) is 65.6 Å². The summed E-state index contributed by atoms with van der Waals surface area (Å²) in [6, 6.07) is 15.9. The normalized spacial score (nSPS) is 14.4. The van der Waals surface area contributed by atoms with Gasteiger partial charge in [0, 0.05) is 42.8 Å². The Morgan fingerprint density at radius 3 is 2.67 bits per heavy atom. The van der Waals surface area contributed by atoms with Gasteiger partial charge in [-0.2, -0.15) is 0 Å². The van der Waals surface area contributed by atoms with Gasteiger partial charge < -0.3 is 19.5 Å². The lowest BCUT2D eigenvalue weighted by molar-refractivity contribution is 0.0942. The number of anilines is 1. The smallest absolute Gasteiger partial charge is 0.410 e.